The third-order valence-corrected chi connectivity index (χ3v) is 6.52. The summed E-state index contributed by atoms with van der Waals surface area (Å²) in [4.78, 5) is 13.9. The van der Waals surface area contributed by atoms with Crippen molar-refractivity contribution >= 4 is 5.78 Å². The van der Waals surface area contributed by atoms with Gasteiger partial charge in [0.25, 0.3) is 0 Å². The minimum absolute atomic E-state index is 0.0358. The fourth-order valence-corrected chi connectivity index (χ4v) is 4.56. The number of aromatic nitrogens is 1. The molecule has 0 radical (unpaired) electrons. The van der Waals surface area contributed by atoms with Crippen LogP contribution in [0.3, 0.4) is 0 Å². The number of hydrogen-bond donors (Lipinski definition) is 3. The molecular formula is C29H28N2O5. The van der Waals surface area contributed by atoms with E-state index in [1.807, 2.05) is 13.0 Å². The molecule has 7 heteroatoms. The lowest BCUT2D eigenvalue weighted by molar-refractivity contribution is 0.103. The zero-order valence-corrected chi connectivity index (χ0v) is 20.0. The van der Waals surface area contributed by atoms with Gasteiger partial charge in [0.15, 0.2) is 11.5 Å². The van der Waals surface area contributed by atoms with Crippen LogP contribution < -0.4 is 10.1 Å². The molecule has 36 heavy (non-hydrogen) atoms. The SMILES string of the molecule is CC(Oc1cccc(C(=O)c2c(-c3ccc(O)cc3)noc2-c2ccc(O)cc2)c1)C1CCCCN1. The van der Waals surface area contributed by atoms with Gasteiger partial charge in [-0.3, -0.25) is 4.79 Å². The number of phenolic OH excluding ortho intramolecular Hbond substituents is 2. The molecule has 2 atom stereocenters. The number of ether oxygens (including phenoxy) is 1. The van der Waals surface area contributed by atoms with Crippen LogP contribution in [0, 0.1) is 0 Å². The maximum atomic E-state index is 13.9. The van der Waals surface area contributed by atoms with Crippen LogP contribution in [-0.4, -0.2) is 39.8 Å². The van der Waals surface area contributed by atoms with Crippen LogP contribution in [-0.2, 0) is 0 Å². The van der Waals surface area contributed by atoms with Crippen molar-refractivity contribution in [1.82, 2.24) is 10.5 Å². The summed E-state index contributed by atoms with van der Waals surface area (Å²) in [6, 6.07) is 20.3. The van der Waals surface area contributed by atoms with Gasteiger partial charge in [0.05, 0.1) is 5.56 Å². The predicted molar refractivity (Wildman–Crippen MR) is 136 cm³/mol. The van der Waals surface area contributed by atoms with Gasteiger partial charge in [-0.05, 0) is 87.0 Å². The number of ketones is 1. The first-order valence-electron chi connectivity index (χ1n) is 12.1. The molecule has 7 nitrogen and oxygen atoms in total. The number of carbonyl (C=O) groups excluding carboxylic acids is 1. The van der Waals surface area contributed by atoms with Crippen molar-refractivity contribution in [3.05, 3.63) is 83.9 Å². The van der Waals surface area contributed by atoms with Crippen LogP contribution in [0.5, 0.6) is 17.2 Å². The molecule has 1 aliphatic heterocycles. The van der Waals surface area contributed by atoms with E-state index in [1.165, 1.54) is 37.1 Å². The van der Waals surface area contributed by atoms with E-state index in [-0.39, 0.29) is 29.4 Å². The van der Waals surface area contributed by atoms with Gasteiger partial charge in [0.1, 0.15) is 29.0 Å². The van der Waals surface area contributed by atoms with Gasteiger partial charge in [0, 0.05) is 22.7 Å². The molecule has 1 saturated heterocycles. The van der Waals surface area contributed by atoms with Gasteiger partial charge >= 0.3 is 0 Å². The van der Waals surface area contributed by atoms with Crippen molar-refractivity contribution < 1.29 is 24.3 Å². The lowest BCUT2D eigenvalue weighted by atomic mass is 9.95. The Hall–Kier alpha value is -4.10. The van der Waals surface area contributed by atoms with Gasteiger partial charge in [-0.2, -0.15) is 0 Å². The van der Waals surface area contributed by atoms with Gasteiger partial charge in [0.2, 0.25) is 0 Å². The lowest BCUT2D eigenvalue weighted by Crippen LogP contribution is -2.44. The van der Waals surface area contributed by atoms with E-state index < -0.39 is 0 Å². The number of benzene rings is 3. The number of phenols is 2. The number of carbonyl (C=O) groups is 1. The predicted octanol–water partition coefficient (Wildman–Crippen LogP) is 5.56. The van der Waals surface area contributed by atoms with E-state index in [0.29, 0.717) is 39.5 Å². The summed E-state index contributed by atoms with van der Waals surface area (Å²) in [6.45, 7) is 3.04. The maximum Gasteiger partial charge on any atom is 0.199 e. The zero-order valence-electron chi connectivity index (χ0n) is 20.0. The zero-order chi connectivity index (χ0) is 25.1. The second-order valence-electron chi connectivity index (χ2n) is 9.07. The molecule has 2 heterocycles. The third-order valence-electron chi connectivity index (χ3n) is 6.52. The summed E-state index contributed by atoms with van der Waals surface area (Å²) in [5.74, 6) is 0.872. The maximum absolute atomic E-state index is 13.9. The lowest BCUT2D eigenvalue weighted by Gasteiger charge is -2.29. The topological polar surface area (TPSA) is 105 Å². The molecule has 1 fully saturated rings. The fraction of sp³-hybridized carbons (Fsp3) is 0.241. The normalized spacial score (nSPS) is 16.4. The van der Waals surface area contributed by atoms with Crippen molar-refractivity contribution in [3.8, 4) is 39.8 Å². The van der Waals surface area contributed by atoms with Crippen molar-refractivity contribution in [3.63, 3.8) is 0 Å². The summed E-state index contributed by atoms with van der Waals surface area (Å²) in [5, 5.41) is 27.1. The Balaban J connectivity index is 1.51. The first-order chi connectivity index (χ1) is 17.5. The van der Waals surface area contributed by atoms with Gasteiger partial charge in [-0.15, -0.1) is 0 Å². The molecule has 5 rings (SSSR count). The monoisotopic (exact) mass is 484 g/mol. The van der Waals surface area contributed by atoms with Crippen LogP contribution >= 0.6 is 0 Å². The average molecular weight is 485 g/mol. The molecule has 4 aromatic rings. The van der Waals surface area contributed by atoms with Crippen LogP contribution in [0.1, 0.15) is 42.1 Å². The second-order valence-corrected chi connectivity index (χ2v) is 9.07. The Morgan fingerprint density at radius 1 is 1.00 bits per heavy atom. The largest absolute Gasteiger partial charge is 0.508 e. The molecule has 0 spiro atoms. The number of aromatic hydroxyl groups is 2. The Morgan fingerprint density at radius 3 is 2.36 bits per heavy atom. The summed E-state index contributed by atoms with van der Waals surface area (Å²) < 4.78 is 11.9. The Bertz CT molecular complexity index is 1280. The minimum Gasteiger partial charge on any atom is -0.508 e. The van der Waals surface area contributed by atoms with E-state index in [1.54, 1.807) is 42.5 Å². The van der Waals surface area contributed by atoms with Crippen LogP contribution in [0.25, 0.3) is 22.6 Å². The summed E-state index contributed by atoms with van der Waals surface area (Å²) >= 11 is 0. The standard InChI is InChI=1S/C29H28N2O5/c1-18(25-7-2-3-16-30-25)35-24-6-4-5-21(17-24)28(34)26-27(19-8-12-22(32)13-9-19)31-36-29(26)20-10-14-23(33)15-11-20/h4-6,8-15,17-18,25,30,32-33H,2-3,7,16H2,1H3. The molecule has 3 aromatic carbocycles. The highest BCUT2D eigenvalue weighted by atomic mass is 16.5. The van der Waals surface area contributed by atoms with Crippen molar-refractivity contribution in [2.75, 3.05) is 6.54 Å². The number of rotatable bonds is 7. The number of hydrogen-bond acceptors (Lipinski definition) is 7. The molecular weight excluding hydrogens is 456 g/mol. The van der Waals surface area contributed by atoms with E-state index in [2.05, 4.69) is 10.5 Å². The van der Waals surface area contributed by atoms with Crippen molar-refractivity contribution in [2.45, 2.75) is 38.3 Å². The van der Waals surface area contributed by atoms with E-state index in [9.17, 15) is 15.0 Å². The summed E-state index contributed by atoms with van der Waals surface area (Å²) in [5.41, 5.74) is 2.35. The number of piperidine rings is 1. The molecule has 3 N–H and O–H groups in total. The van der Waals surface area contributed by atoms with Crippen LogP contribution in [0.15, 0.2) is 77.3 Å². The molecule has 2 unspecified atom stereocenters. The Morgan fingerprint density at radius 2 is 1.69 bits per heavy atom. The minimum atomic E-state index is -0.267. The molecule has 0 bridgehead atoms. The van der Waals surface area contributed by atoms with Gasteiger partial charge < -0.3 is 24.8 Å². The first kappa shape index (κ1) is 23.6. The molecule has 0 amide bonds. The van der Waals surface area contributed by atoms with E-state index >= 15 is 0 Å². The average Bonchev–Trinajstić information content (AvgIpc) is 3.35. The molecule has 1 aliphatic rings. The van der Waals surface area contributed by atoms with Gasteiger partial charge in [-0.25, -0.2) is 0 Å². The molecule has 0 aliphatic carbocycles. The van der Waals surface area contributed by atoms with Gasteiger partial charge in [-0.1, -0.05) is 23.7 Å². The highest BCUT2D eigenvalue weighted by Gasteiger charge is 2.27. The van der Waals surface area contributed by atoms with Crippen molar-refractivity contribution in [2.24, 2.45) is 0 Å². The number of nitrogens with zero attached hydrogens (tertiary/aromatic N) is 1. The van der Waals surface area contributed by atoms with Crippen LogP contribution in [0.2, 0.25) is 0 Å². The summed E-state index contributed by atoms with van der Waals surface area (Å²) in [6.07, 6.45) is 3.38. The summed E-state index contributed by atoms with van der Waals surface area (Å²) in [7, 11) is 0. The van der Waals surface area contributed by atoms with E-state index in [4.69, 9.17) is 9.26 Å². The second kappa shape index (κ2) is 10.3. The highest BCUT2D eigenvalue weighted by molar-refractivity contribution is 6.15. The smallest absolute Gasteiger partial charge is 0.199 e. The molecule has 184 valence electrons. The van der Waals surface area contributed by atoms with Crippen molar-refractivity contribution in [1.29, 1.82) is 0 Å². The Labute approximate surface area is 209 Å². The fourth-order valence-electron chi connectivity index (χ4n) is 4.56. The molecule has 1 aromatic heterocycles. The Kier molecular flexibility index (Phi) is 6.73. The number of nitrogens with one attached hydrogen (secondary N) is 1. The highest BCUT2D eigenvalue weighted by Crippen LogP contribution is 2.35. The van der Waals surface area contributed by atoms with Crippen LogP contribution in [0.4, 0.5) is 0 Å². The first-order valence-corrected chi connectivity index (χ1v) is 12.1. The van der Waals surface area contributed by atoms with E-state index in [0.717, 1.165) is 13.0 Å². The third kappa shape index (κ3) is 4.97. The quantitative estimate of drug-likeness (QED) is 0.295. The molecule has 0 saturated carbocycles.